The van der Waals surface area contributed by atoms with Gasteiger partial charge in [-0.05, 0) is 48.6 Å². The molecule has 0 saturated carbocycles. The van der Waals surface area contributed by atoms with E-state index < -0.39 is 0 Å². The van der Waals surface area contributed by atoms with Gasteiger partial charge in [-0.3, -0.25) is 20.9 Å². The number of urea groups is 1. The number of pyridine rings is 1. The Morgan fingerprint density at radius 1 is 1.13 bits per heavy atom. The minimum Gasteiger partial charge on any atom is -0.298 e. The van der Waals surface area contributed by atoms with Gasteiger partial charge in [0.2, 0.25) is 0 Å². The first-order valence-electron chi connectivity index (χ1n) is 10.2. The van der Waals surface area contributed by atoms with Crippen molar-refractivity contribution >= 4 is 39.2 Å². The van der Waals surface area contributed by atoms with E-state index in [1.54, 1.807) is 16.0 Å². The second kappa shape index (κ2) is 8.39. The number of hydrogen-bond acceptors (Lipinski definition) is 5. The highest BCUT2D eigenvalue weighted by Crippen LogP contribution is 2.34. The van der Waals surface area contributed by atoms with Crippen LogP contribution in [0.5, 0.6) is 0 Å². The lowest BCUT2D eigenvalue weighted by Gasteiger charge is -2.13. The van der Waals surface area contributed by atoms with E-state index in [2.05, 4.69) is 59.2 Å². The number of nitrogens with one attached hydrogen (secondary N) is 3. The molecule has 0 radical (unpaired) electrons. The highest BCUT2D eigenvalue weighted by Gasteiger charge is 2.16. The zero-order valence-corrected chi connectivity index (χ0v) is 19.1. The Morgan fingerprint density at radius 3 is 2.58 bits per heavy atom. The van der Waals surface area contributed by atoms with Crippen molar-refractivity contribution in [2.24, 2.45) is 7.05 Å². The van der Waals surface area contributed by atoms with E-state index in [1.807, 2.05) is 44.3 Å². The molecule has 0 fully saturated rings. The molecule has 0 spiro atoms. The smallest absolute Gasteiger partial charge is 0.298 e. The molecule has 4 rings (SSSR count). The molecular weight excluding hydrogens is 408 g/mol. The van der Waals surface area contributed by atoms with Crippen LogP contribution in [0.1, 0.15) is 35.9 Å². The quantitative estimate of drug-likeness (QED) is 0.358. The SMILES string of the molecule is Cc1sc(NC(=O)NNc2cc(C(C)C)c3c(C)nn(C)c3n2)cc1-c1ccccc1. The third-order valence-corrected chi connectivity index (χ3v) is 6.13. The monoisotopic (exact) mass is 434 g/mol. The molecule has 0 saturated heterocycles. The van der Waals surface area contributed by atoms with Crippen molar-refractivity contribution in [2.45, 2.75) is 33.6 Å². The number of thiophene rings is 1. The highest BCUT2D eigenvalue weighted by molar-refractivity contribution is 7.16. The summed E-state index contributed by atoms with van der Waals surface area (Å²) in [6, 6.07) is 13.7. The molecule has 0 bridgehead atoms. The van der Waals surface area contributed by atoms with Crippen LogP contribution in [-0.2, 0) is 7.05 Å². The largest absolute Gasteiger partial charge is 0.338 e. The fraction of sp³-hybridized carbons (Fsp3) is 0.261. The van der Waals surface area contributed by atoms with Gasteiger partial charge in [0.1, 0.15) is 5.82 Å². The Balaban J connectivity index is 1.48. The fourth-order valence-corrected chi connectivity index (χ4v) is 4.65. The van der Waals surface area contributed by atoms with E-state index in [0.29, 0.717) is 11.7 Å². The fourth-order valence-electron chi connectivity index (χ4n) is 3.71. The number of carbonyl (C=O) groups excluding carboxylic acids is 1. The molecule has 0 aliphatic carbocycles. The van der Waals surface area contributed by atoms with Gasteiger partial charge in [0.15, 0.2) is 5.65 Å². The van der Waals surface area contributed by atoms with Crippen LogP contribution in [0, 0.1) is 13.8 Å². The summed E-state index contributed by atoms with van der Waals surface area (Å²) in [7, 11) is 1.87. The van der Waals surface area contributed by atoms with Crippen molar-refractivity contribution in [3.05, 3.63) is 58.6 Å². The van der Waals surface area contributed by atoms with E-state index >= 15 is 0 Å². The van der Waals surface area contributed by atoms with Crippen molar-refractivity contribution in [2.75, 3.05) is 10.7 Å². The van der Waals surface area contributed by atoms with Crippen LogP contribution in [0.15, 0.2) is 42.5 Å². The first-order chi connectivity index (χ1) is 14.8. The summed E-state index contributed by atoms with van der Waals surface area (Å²) in [6.45, 7) is 8.31. The number of hydrazine groups is 1. The number of carbonyl (C=O) groups is 1. The van der Waals surface area contributed by atoms with Gasteiger partial charge in [0.25, 0.3) is 0 Å². The maximum atomic E-state index is 12.5. The summed E-state index contributed by atoms with van der Waals surface area (Å²) in [6.07, 6.45) is 0. The molecule has 2 amide bonds. The van der Waals surface area contributed by atoms with Crippen molar-refractivity contribution in [3.8, 4) is 11.1 Å². The van der Waals surface area contributed by atoms with Gasteiger partial charge in [-0.2, -0.15) is 5.10 Å². The third-order valence-electron chi connectivity index (χ3n) is 5.16. The molecule has 3 aromatic heterocycles. The molecule has 0 unspecified atom stereocenters. The minimum absolute atomic E-state index is 0.299. The molecule has 3 N–H and O–H groups in total. The summed E-state index contributed by atoms with van der Waals surface area (Å²) in [5.74, 6) is 0.870. The second-order valence-electron chi connectivity index (χ2n) is 7.81. The van der Waals surface area contributed by atoms with E-state index in [-0.39, 0.29) is 6.03 Å². The zero-order chi connectivity index (χ0) is 22.1. The Kier molecular flexibility index (Phi) is 5.65. The molecule has 31 heavy (non-hydrogen) atoms. The minimum atomic E-state index is -0.352. The average molecular weight is 435 g/mol. The van der Waals surface area contributed by atoms with Gasteiger partial charge in [-0.25, -0.2) is 9.78 Å². The Morgan fingerprint density at radius 2 is 1.87 bits per heavy atom. The maximum absolute atomic E-state index is 12.5. The molecule has 0 aliphatic rings. The maximum Gasteiger partial charge on any atom is 0.338 e. The Hall–Kier alpha value is -3.39. The summed E-state index contributed by atoms with van der Waals surface area (Å²) in [4.78, 5) is 18.2. The number of aryl methyl sites for hydroxylation is 3. The number of amides is 2. The summed E-state index contributed by atoms with van der Waals surface area (Å²) >= 11 is 1.55. The van der Waals surface area contributed by atoms with Gasteiger partial charge in [0, 0.05) is 17.3 Å². The molecule has 4 aromatic rings. The van der Waals surface area contributed by atoms with Crippen LogP contribution in [0.4, 0.5) is 15.6 Å². The van der Waals surface area contributed by atoms with E-state index in [4.69, 9.17) is 0 Å². The predicted molar refractivity (Wildman–Crippen MR) is 128 cm³/mol. The molecular formula is C23H26N6OS. The van der Waals surface area contributed by atoms with Gasteiger partial charge in [-0.1, -0.05) is 44.2 Å². The molecule has 0 atom stereocenters. The van der Waals surface area contributed by atoms with Crippen molar-refractivity contribution in [1.82, 2.24) is 20.2 Å². The summed E-state index contributed by atoms with van der Waals surface area (Å²) in [5, 5.41) is 9.23. The standard InChI is InChI=1S/C23H26N6OS/c1-13(2)17-11-19(24-22-21(17)14(3)28-29(22)5)26-27-23(30)25-20-12-18(15(4)31-20)16-9-7-6-8-10-16/h6-13H,1-5H3,(H,24,26)(H2,25,27,30). The Labute approximate surface area is 185 Å². The first kappa shape index (κ1) is 20.9. The molecule has 3 heterocycles. The normalized spacial score (nSPS) is 11.2. The molecule has 0 aliphatic heterocycles. The van der Waals surface area contributed by atoms with Crippen molar-refractivity contribution in [3.63, 3.8) is 0 Å². The first-order valence-corrected chi connectivity index (χ1v) is 11.0. The number of hydrogen-bond donors (Lipinski definition) is 3. The lowest BCUT2D eigenvalue weighted by Crippen LogP contribution is -2.33. The Bertz CT molecular complexity index is 1240. The number of rotatable bonds is 5. The van der Waals surface area contributed by atoms with E-state index in [9.17, 15) is 4.79 Å². The van der Waals surface area contributed by atoms with Crippen LogP contribution < -0.4 is 16.2 Å². The number of aromatic nitrogens is 3. The molecule has 8 heteroatoms. The van der Waals surface area contributed by atoms with Crippen LogP contribution in [0.25, 0.3) is 22.2 Å². The van der Waals surface area contributed by atoms with Gasteiger partial charge in [0.05, 0.1) is 10.7 Å². The van der Waals surface area contributed by atoms with Gasteiger partial charge >= 0.3 is 6.03 Å². The number of benzene rings is 1. The van der Waals surface area contributed by atoms with Crippen LogP contribution in [0.3, 0.4) is 0 Å². The molecule has 7 nitrogen and oxygen atoms in total. The second-order valence-corrected chi connectivity index (χ2v) is 9.07. The number of fused-ring (bicyclic) bond motifs is 1. The summed E-state index contributed by atoms with van der Waals surface area (Å²) < 4.78 is 1.77. The van der Waals surface area contributed by atoms with Gasteiger partial charge < -0.3 is 0 Å². The highest BCUT2D eigenvalue weighted by atomic mass is 32.1. The number of anilines is 2. The lowest BCUT2D eigenvalue weighted by molar-refractivity contribution is 0.254. The summed E-state index contributed by atoms with van der Waals surface area (Å²) in [5.41, 5.74) is 10.8. The number of nitrogens with zero attached hydrogens (tertiary/aromatic N) is 3. The van der Waals surface area contributed by atoms with Gasteiger partial charge in [-0.15, -0.1) is 11.3 Å². The topological polar surface area (TPSA) is 83.9 Å². The zero-order valence-electron chi connectivity index (χ0n) is 18.3. The van der Waals surface area contributed by atoms with E-state index in [0.717, 1.165) is 43.3 Å². The van der Waals surface area contributed by atoms with Crippen molar-refractivity contribution < 1.29 is 4.79 Å². The average Bonchev–Trinajstić information content (AvgIpc) is 3.25. The predicted octanol–water partition coefficient (Wildman–Crippen LogP) is 5.59. The lowest BCUT2D eigenvalue weighted by atomic mass is 10.00. The van der Waals surface area contributed by atoms with E-state index in [1.165, 1.54) is 0 Å². The molecule has 1 aromatic carbocycles. The van der Waals surface area contributed by atoms with Crippen LogP contribution >= 0.6 is 11.3 Å². The van der Waals surface area contributed by atoms with Crippen LogP contribution in [0.2, 0.25) is 0 Å². The molecule has 160 valence electrons. The van der Waals surface area contributed by atoms with Crippen LogP contribution in [-0.4, -0.2) is 20.8 Å². The van der Waals surface area contributed by atoms with Crippen molar-refractivity contribution in [1.29, 1.82) is 0 Å². The third kappa shape index (κ3) is 4.25.